The van der Waals surface area contributed by atoms with Gasteiger partial charge in [-0.15, -0.1) is 0 Å². The molecule has 1 aromatic rings. The van der Waals surface area contributed by atoms with E-state index in [1.54, 1.807) is 14.2 Å². The summed E-state index contributed by atoms with van der Waals surface area (Å²) >= 11 is 0. The summed E-state index contributed by atoms with van der Waals surface area (Å²) in [4.78, 5) is 0. The first kappa shape index (κ1) is 13.2. The molecule has 1 aliphatic rings. The van der Waals surface area contributed by atoms with Crippen LogP contribution in [0.3, 0.4) is 0 Å². The van der Waals surface area contributed by atoms with Crippen molar-refractivity contribution in [3.8, 4) is 11.5 Å². The topological polar surface area (TPSA) is 64.7 Å². The van der Waals surface area contributed by atoms with Gasteiger partial charge in [-0.25, -0.2) is 0 Å². The van der Waals surface area contributed by atoms with E-state index in [0.29, 0.717) is 17.9 Å². The molecule has 100 valence electrons. The summed E-state index contributed by atoms with van der Waals surface area (Å²) in [6, 6.07) is 5.62. The smallest absolute Gasteiger partial charge is 0.161 e. The van der Waals surface area contributed by atoms with Crippen LogP contribution in [0.25, 0.3) is 0 Å². The van der Waals surface area contributed by atoms with Crippen molar-refractivity contribution in [2.45, 2.75) is 37.3 Å². The molecule has 3 N–H and O–H groups in total. The van der Waals surface area contributed by atoms with Gasteiger partial charge in [0.15, 0.2) is 11.5 Å². The zero-order valence-corrected chi connectivity index (χ0v) is 11.0. The van der Waals surface area contributed by atoms with Gasteiger partial charge in [-0.3, -0.25) is 0 Å². The minimum absolute atomic E-state index is 0.0665. The van der Waals surface area contributed by atoms with Crippen LogP contribution >= 0.6 is 0 Å². The van der Waals surface area contributed by atoms with Gasteiger partial charge in [-0.1, -0.05) is 6.07 Å². The SMILES string of the molecule is COc1ccc(C2(O)CCCC(N)C2)cc1OC. The number of aliphatic hydroxyl groups is 1. The minimum atomic E-state index is -0.836. The van der Waals surface area contributed by atoms with Crippen molar-refractivity contribution in [1.29, 1.82) is 0 Å². The van der Waals surface area contributed by atoms with Crippen molar-refractivity contribution in [3.05, 3.63) is 23.8 Å². The fourth-order valence-corrected chi connectivity index (χ4v) is 2.68. The van der Waals surface area contributed by atoms with Gasteiger partial charge in [-0.2, -0.15) is 0 Å². The molecule has 18 heavy (non-hydrogen) atoms. The van der Waals surface area contributed by atoms with Crippen LogP contribution in [0.5, 0.6) is 11.5 Å². The van der Waals surface area contributed by atoms with Crippen LogP contribution in [0.15, 0.2) is 18.2 Å². The molecule has 0 saturated heterocycles. The van der Waals surface area contributed by atoms with Gasteiger partial charge in [0.2, 0.25) is 0 Å². The standard InChI is InChI=1S/C14H21NO3/c1-17-12-6-5-10(8-13(12)18-2)14(16)7-3-4-11(15)9-14/h5-6,8,11,16H,3-4,7,9,15H2,1-2H3. The highest BCUT2D eigenvalue weighted by molar-refractivity contribution is 5.44. The fourth-order valence-electron chi connectivity index (χ4n) is 2.68. The third-order valence-electron chi connectivity index (χ3n) is 3.69. The molecule has 0 aliphatic heterocycles. The maximum absolute atomic E-state index is 10.7. The second-order valence-electron chi connectivity index (χ2n) is 4.96. The highest BCUT2D eigenvalue weighted by Crippen LogP contribution is 2.39. The summed E-state index contributed by atoms with van der Waals surface area (Å²) in [5.74, 6) is 1.31. The molecule has 1 aliphatic carbocycles. The van der Waals surface area contributed by atoms with Crippen LogP contribution in [0.2, 0.25) is 0 Å². The van der Waals surface area contributed by atoms with Gasteiger partial charge in [-0.05, 0) is 43.4 Å². The lowest BCUT2D eigenvalue weighted by Crippen LogP contribution is -2.39. The molecule has 0 amide bonds. The average molecular weight is 251 g/mol. The predicted octanol–water partition coefficient (Wildman–Crippen LogP) is 1.79. The van der Waals surface area contributed by atoms with E-state index in [4.69, 9.17) is 15.2 Å². The third-order valence-corrected chi connectivity index (χ3v) is 3.69. The maximum Gasteiger partial charge on any atom is 0.161 e. The van der Waals surface area contributed by atoms with E-state index in [1.165, 1.54) is 0 Å². The Morgan fingerprint density at radius 1 is 1.28 bits per heavy atom. The van der Waals surface area contributed by atoms with E-state index in [-0.39, 0.29) is 6.04 Å². The van der Waals surface area contributed by atoms with Crippen LogP contribution in [0, 0.1) is 0 Å². The summed E-state index contributed by atoms with van der Waals surface area (Å²) in [6.07, 6.45) is 3.28. The summed E-state index contributed by atoms with van der Waals surface area (Å²) in [7, 11) is 3.20. The van der Waals surface area contributed by atoms with E-state index in [1.807, 2.05) is 18.2 Å². The maximum atomic E-state index is 10.7. The second-order valence-corrected chi connectivity index (χ2v) is 4.96. The summed E-state index contributed by atoms with van der Waals surface area (Å²) < 4.78 is 10.5. The van der Waals surface area contributed by atoms with E-state index >= 15 is 0 Å². The Morgan fingerprint density at radius 3 is 2.61 bits per heavy atom. The van der Waals surface area contributed by atoms with E-state index in [2.05, 4.69) is 0 Å². The molecule has 1 aromatic carbocycles. The van der Waals surface area contributed by atoms with Crippen molar-refractivity contribution in [1.82, 2.24) is 0 Å². The molecule has 4 heteroatoms. The highest BCUT2D eigenvalue weighted by atomic mass is 16.5. The molecule has 2 atom stereocenters. The molecule has 1 fully saturated rings. The lowest BCUT2D eigenvalue weighted by molar-refractivity contribution is -0.00736. The molecular formula is C14H21NO3. The van der Waals surface area contributed by atoms with Crippen LogP contribution < -0.4 is 15.2 Å². The third kappa shape index (κ3) is 2.44. The van der Waals surface area contributed by atoms with Crippen LogP contribution in [0.4, 0.5) is 0 Å². The van der Waals surface area contributed by atoms with Gasteiger partial charge >= 0.3 is 0 Å². The largest absolute Gasteiger partial charge is 0.493 e. The molecule has 4 nitrogen and oxygen atoms in total. The summed E-state index contributed by atoms with van der Waals surface area (Å²) in [5.41, 5.74) is 5.98. The quantitative estimate of drug-likeness (QED) is 0.859. The van der Waals surface area contributed by atoms with Gasteiger partial charge < -0.3 is 20.3 Å². The zero-order valence-electron chi connectivity index (χ0n) is 11.0. The molecule has 0 aromatic heterocycles. The first-order chi connectivity index (χ1) is 8.59. The van der Waals surface area contributed by atoms with Gasteiger partial charge in [0.25, 0.3) is 0 Å². The van der Waals surface area contributed by atoms with Gasteiger partial charge in [0, 0.05) is 6.04 Å². The Kier molecular flexibility index (Phi) is 3.78. The number of nitrogens with two attached hydrogens (primary N) is 1. The molecule has 0 heterocycles. The normalized spacial score (nSPS) is 27.9. The number of ether oxygens (including phenoxy) is 2. The Hall–Kier alpha value is -1.26. The lowest BCUT2D eigenvalue weighted by atomic mass is 9.77. The molecular weight excluding hydrogens is 230 g/mol. The average Bonchev–Trinajstić information content (AvgIpc) is 2.37. The van der Waals surface area contributed by atoms with Crippen LogP contribution in [-0.2, 0) is 5.60 Å². The summed E-state index contributed by atoms with van der Waals surface area (Å²) in [5, 5.41) is 10.7. The number of methoxy groups -OCH3 is 2. The number of benzene rings is 1. The van der Waals surface area contributed by atoms with Crippen LogP contribution in [-0.4, -0.2) is 25.4 Å². The minimum Gasteiger partial charge on any atom is -0.493 e. The van der Waals surface area contributed by atoms with Crippen LogP contribution in [0.1, 0.15) is 31.2 Å². The Bertz CT molecular complexity index is 422. The Labute approximate surface area is 108 Å². The van der Waals surface area contributed by atoms with Gasteiger partial charge in [0.1, 0.15) is 0 Å². The number of rotatable bonds is 3. The Morgan fingerprint density at radius 2 is 2.00 bits per heavy atom. The van der Waals surface area contributed by atoms with Crippen molar-refractivity contribution >= 4 is 0 Å². The molecule has 2 rings (SSSR count). The number of hydrogen-bond donors (Lipinski definition) is 2. The molecule has 0 radical (unpaired) electrons. The fraction of sp³-hybridized carbons (Fsp3) is 0.571. The first-order valence-corrected chi connectivity index (χ1v) is 6.29. The van der Waals surface area contributed by atoms with Crippen molar-refractivity contribution in [2.24, 2.45) is 5.73 Å². The lowest BCUT2D eigenvalue weighted by Gasteiger charge is -2.36. The Balaban J connectivity index is 2.32. The second kappa shape index (κ2) is 5.16. The molecule has 0 bridgehead atoms. The molecule has 2 unspecified atom stereocenters. The van der Waals surface area contributed by atoms with Crippen molar-refractivity contribution < 1.29 is 14.6 Å². The molecule has 0 spiro atoms. The predicted molar refractivity (Wildman–Crippen MR) is 69.9 cm³/mol. The van der Waals surface area contributed by atoms with E-state index in [0.717, 1.165) is 24.8 Å². The van der Waals surface area contributed by atoms with Crippen molar-refractivity contribution in [2.75, 3.05) is 14.2 Å². The van der Waals surface area contributed by atoms with E-state index < -0.39 is 5.60 Å². The van der Waals surface area contributed by atoms with Gasteiger partial charge in [0.05, 0.1) is 19.8 Å². The number of hydrogen-bond acceptors (Lipinski definition) is 4. The van der Waals surface area contributed by atoms with E-state index in [9.17, 15) is 5.11 Å². The first-order valence-electron chi connectivity index (χ1n) is 6.29. The monoisotopic (exact) mass is 251 g/mol. The zero-order chi connectivity index (χ0) is 13.2. The van der Waals surface area contributed by atoms with Crippen molar-refractivity contribution in [3.63, 3.8) is 0 Å². The molecule has 1 saturated carbocycles. The summed E-state index contributed by atoms with van der Waals surface area (Å²) in [6.45, 7) is 0. The highest BCUT2D eigenvalue weighted by Gasteiger charge is 2.35.